The quantitative estimate of drug-likeness (QED) is 0.218. The second-order valence-electron chi connectivity index (χ2n) is 6.40. The summed E-state index contributed by atoms with van der Waals surface area (Å²) < 4.78 is 16.9. The molecule has 154 valence electrons. The van der Waals surface area contributed by atoms with E-state index in [9.17, 15) is 0 Å². The summed E-state index contributed by atoms with van der Waals surface area (Å²) in [6.07, 6.45) is 2.01. The van der Waals surface area contributed by atoms with Crippen LogP contribution in [0.5, 0.6) is 5.75 Å². The molecule has 1 aromatic rings. The van der Waals surface area contributed by atoms with Crippen molar-refractivity contribution in [1.82, 2.24) is 10.6 Å². The largest absolute Gasteiger partial charge is 0.487 e. The molecule has 8 heteroatoms. The van der Waals surface area contributed by atoms with Gasteiger partial charge < -0.3 is 24.8 Å². The van der Waals surface area contributed by atoms with Gasteiger partial charge >= 0.3 is 0 Å². The van der Waals surface area contributed by atoms with Gasteiger partial charge in [-0.2, -0.15) is 0 Å². The van der Waals surface area contributed by atoms with Gasteiger partial charge in [-0.15, -0.1) is 24.0 Å². The monoisotopic (exact) mass is 511 g/mol. The number of nitrogens with one attached hydrogen (secondary N) is 2. The van der Waals surface area contributed by atoms with Crippen LogP contribution in [0.4, 0.5) is 0 Å². The standard InChI is InChI=1S/C19H30ClN3O3.HI/c1-15(26-18-7-4-3-6-17(18)20)12-23-19(21-2)22-9-5-10-24-13-16-8-11-25-14-16;/h3-4,6-7,15-16H,5,8-14H2,1-2H3,(H2,21,22,23);1H. The molecule has 1 heterocycles. The number of guanidine groups is 1. The van der Waals surface area contributed by atoms with E-state index in [2.05, 4.69) is 15.6 Å². The summed E-state index contributed by atoms with van der Waals surface area (Å²) in [4.78, 5) is 4.22. The highest BCUT2D eigenvalue weighted by Crippen LogP contribution is 2.23. The van der Waals surface area contributed by atoms with Crippen LogP contribution < -0.4 is 15.4 Å². The number of benzene rings is 1. The second-order valence-corrected chi connectivity index (χ2v) is 6.80. The molecule has 2 rings (SSSR count). The van der Waals surface area contributed by atoms with Crippen molar-refractivity contribution in [3.05, 3.63) is 29.3 Å². The Labute approximate surface area is 184 Å². The number of ether oxygens (including phenoxy) is 3. The van der Waals surface area contributed by atoms with Crippen LogP contribution in [0.15, 0.2) is 29.3 Å². The van der Waals surface area contributed by atoms with E-state index < -0.39 is 0 Å². The Kier molecular flexibility index (Phi) is 12.8. The van der Waals surface area contributed by atoms with Crippen LogP contribution in [0, 0.1) is 5.92 Å². The fraction of sp³-hybridized carbons (Fsp3) is 0.632. The Morgan fingerprint density at radius 2 is 2.19 bits per heavy atom. The molecule has 6 nitrogen and oxygen atoms in total. The summed E-state index contributed by atoms with van der Waals surface area (Å²) in [6.45, 7) is 6.67. The van der Waals surface area contributed by atoms with Crippen molar-refractivity contribution in [2.75, 3.05) is 46.6 Å². The number of nitrogens with zero attached hydrogens (tertiary/aromatic N) is 1. The van der Waals surface area contributed by atoms with Crippen LogP contribution in [0.25, 0.3) is 0 Å². The minimum atomic E-state index is -0.0367. The highest BCUT2D eigenvalue weighted by atomic mass is 127. The predicted octanol–water partition coefficient (Wildman–Crippen LogP) is 3.33. The molecule has 0 amide bonds. The van der Waals surface area contributed by atoms with Gasteiger partial charge in [0.15, 0.2) is 5.96 Å². The molecule has 0 bridgehead atoms. The van der Waals surface area contributed by atoms with Crippen LogP contribution in [0.3, 0.4) is 0 Å². The lowest BCUT2D eigenvalue weighted by molar-refractivity contribution is 0.0888. The molecule has 27 heavy (non-hydrogen) atoms. The number of hydrogen-bond donors (Lipinski definition) is 2. The fourth-order valence-electron chi connectivity index (χ4n) is 2.61. The lowest BCUT2D eigenvalue weighted by Crippen LogP contribution is -2.42. The maximum atomic E-state index is 6.11. The van der Waals surface area contributed by atoms with Crippen molar-refractivity contribution in [2.24, 2.45) is 10.9 Å². The first-order valence-corrected chi connectivity index (χ1v) is 9.58. The van der Waals surface area contributed by atoms with E-state index >= 15 is 0 Å². The molecule has 1 aliphatic rings. The summed E-state index contributed by atoms with van der Waals surface area (Å²) in [5.41, 5.74) is 0. The smallest absolute Gasteiger partial charge is 0.191 e. The number of aliphatic imine (C=N–C) groups is 1. The van der Waals surface area contributed by atoms with Crippen LogP contribution in [0.2, 0.25) is 5.02 Å². The van der Waals surface area contributed by atoms with E-state index in [-0.39, 0.29) is 30.1 Å². The summed E-state index contributed by atoms with van der Waals surface area (Å²) >= 11 is 6.11. The SMILES string of the molecule is CN=C(NCCCOCC1CCOC1)NCC(C)Oc1ccccc1Cl.I. The third-order valence-corrected chi connectivity index (χ3v) is 4.39. The topological polar surface area (TPSA) is 64.1 Å². The Balaban J connectivity index is 0.00000364. The Hall–Kier alpha value is -0.770. The molecular weight excluding hydrogens is 481 g/mol. The molecular formula is C19H31ClIN3O3. The lowest BCUT2D eigenvalue weighted by Gasteiger charge is -2.18. The maximum absolute atomic E-state index is 6.11. The van der Waals surface area contributed by atoms with Gasteiger partial charge in [0.1, 0.15) is 11.9 Å². The van der Waals surface area contributed by atoms with E-state index in [1.165, 1.54) is 0 Å². The normalized spacial score (nSPS) is 17.9. The van der Waals surface area contributed by atoms with Gasteiger partial charge in [0.05, 0.1) is 24.8 Å². The molecule has 2 N–H and O–H groups in total. The zero-order valence-corrected chi connectivity index (χ0v) is 19.2. The van der Waals surface area contributed by atoms with Crippen molar-refractivity contribution >= 4 is 41.5 Å². The van der Waals surface area contributed by atoms with Crippen LogP contribution in [-0.4, -0.2) is 58.6 Å². The fourth-order valence-corrected chi connectivity index (χ4v) is 2.79. The molecule has 2 atom stereocenters. The number of para-hydroxylation sites is 1. The van der Waals surface area contributed by atoms with Gasteiger partial charge in [-0.25, -0.2) is 0 Å². The predicted molar refractivity (Wildman–Crippen MR) is 121 cm³/mol. The Bertz CT molecular complexity index is 557. The first-order valence-electron chi connectivity index (χ1n) is 9.20. The molecule has 0 saturated carbocycles. The van der Waals surface area contributed by atoms with Crippen LogP contribution in [0.1, 0.15) is 19.8 Å². The van der Waals surface area contributed by atoms with Crippen molar-refractivity contribution in [3.63, 3.8) is 0 Å². The summed E-state index contributed by atoms with van der Waals surface area (Å²) in [7, 11) is 1.76. The Morgan fingerprint density at radius 1 is 1.37 bits per heavy atom. The van der Waals surface area contributed by atoms with Crippen molar-refractivity contribution in [2.45, 2.75) is 25.9 Å². The minimum Gasteiger partial charge on any atom is -0.487 e. The molecule has 1 saturated heterocycles. The van der Waals surface area contributed by atoms with E-state index in [0.29, 0.717) is 23.2 Å². The third kappa shape index (κ3) is 9.82. The van der Waals surface area contributed by atoms with Crippen LogP contribution >= 0.6 is 35.6 Å². The van der Waals surface area contributed by atoms with Gasteiger partial charge in [-0.3, -0.25) is 4.99 Å². The number of hydrogen-bond acceptors (Lipinski definition) is 4. The van der Waals surface area contributed by atoms with E-state index in [0.717, 1.165) is 51.8 Å². The third-order valence-electron chi connectivity index (χ3n) is 4.08. The molecule has 0 aliphatic carbocycles. The average Bonchev–Trinajstić information content (AvgIpc) is 3.16. The van der Waals surface area contributed by atoms with Crippen molar-refractivity contribution < 1.29 is 14.2 Å². The van der Waals surface area contributed by atoms with E-state index in [4.69, 9.17) is 25.8 Å². The lowest BCUT2D eigenvalue weighted by atomic mass is 10.1. The number of halogens is 2. The maximum Gasteiger partial charge on any atom is 0.191 e. The van der Waals surface area contributed by atoms with Crippen LogP contribution in [-0.2, 0) is 9.47 Å². The van der Waals surface area contributed by atoms with E-state index in [1.807, 2.05) is 31.2 Å². The molecule has 0 aromatic heterocycles. The van der Waals surface area contributed by atoms with Gasteiger partial charge in [0.25, 0.3) is 0 Å². The molecule has 2 unspecified atom stereocenters. The van der Waals surface area contributed by atoms with E-state index in [1.54, 1.807) is 7.05 Å². The van der Waals surface area contributed by atoms with Gasteiger partial charge in [0, 0.05) is 32.7 Å². The molecule has 1 fully saturated rings. The highest BCUT2D eigenvalue weighted by Gasteiger charge is 2.15. The Morgan fingerprint density at radius 3 is 2.89 bits per heavy atom. The van der Waals surface area contributed by atoms with Gasteiger partial charge in [-0.1, -0.05) is 23.7 Å². The zero-order chi connectivity index (χ0) is 18.6. The zero-order valence-electron chi connectivity index (χ0n) is 16.1. The highest BCUT2D eigenvalue weighted by molar-refractivity contribution is 14.0. The number of rotatable bonds is 10. The summed E-state index contributed by atoms with van der Waals surface area (Å²) in [6, 6.07) is 7.47. The summed E-state index contributed by atoms with van der Waals surface area (Å²) in [5.74, 6) is 2.01. The molecule has 1 aliphatic heterocycles. The van der Waals surface area contributed by atoms with Gasteiger partial charge in [-0.05, 0) is 31.9 Å². The average molecular weight is 512 g/mol. The molecule has 0 radical (unpaired) electrons. The van der Waals surface area contributed by atoms with Crippen molar-refractivity contribution in [1.29, 1.82) is 0 Å². The first kappa shape index (κ1) is 24.3. The second kappa shape index (κ2) is 14.3. The molecule has 0 spiro atoms. The van der Waals surface area contributed by atoms with Gasteiger partial charge in [0.2, 0.25) is 0 Å². The first-order chi connectivity index (χ1) is 12.7. The summed E-state index contributed by atoms with van der Waals surface area (Å²) in [5, 5.41) is 7.16. The molecule has 1 aromatic carbocycles. The van der Waals surface area contributed by atoms with Crippen molar-refractivity contribution in [3.8, 4) is 5.75 Å². The minimum absolute atomic E-state index is 0.